The number of benzene rings is 2. The number of aromatic nitrogens is 2. The lowest BCUT2D eigenvalue weighted by atomic mass is 10.1. The number of anilines is 1. The van der Waals surface area contributed by atoms with E-state index in [1.165, 1.54) is 7.11 Å². The molecule has 0 fully saturated rings. The molecule has 0 aliphatic carbocycles. The van der Waals surface area contributed by atoms with Gasteiger partial charge in [-0.15, -0.1) is 11.3 Å². The maximum atomic E-state index is 12.9. The van der Waals surface area contributed by atoms with Gasteiger partial charge in [0.05, 0.1) is 17.4 Å². The monoisotopic (exact) mass is 473 g/mol. The molecule has 5 aromatic rings. The van der Waals surface area contributed by atoms with E-state index in [1.54, 1.807) is 37.3 Å². The third-order valence-corrected chi connectivity index (χ3v) is 6.67. The number of H-pyrrole nitrogens is 1. The second-order valence-corrected chi connectivity index (χ2v) is 8.80. The number of nitrogens with one attached hydrogen (secondary N) is 2. The second kappa shape index (κ2) is 8.27. The standard InChI is InChI=1S/C25H19N3O5S/c1-12-6-4-8-15(10-12)26-23(30)20-13(2)18-22(29)27-21(28-24(18)34-20)16-11-14-7-5-9-17(32-3)19(14)33-25(16)31/h4-11H,1-3H3,(H,26,30)(H,27,28,29). The zero-order valence-corrected chi connectivity index (χ0v) is 19.3. The summed E-state index contributed by atoms with van der Waals surface area (Å²) in [6.45, 7) is 3.64. The number of nitrogens with zero attached hydrogens (tertiary/aromatic N) is 1. The number of rotatable bonds is 4. The van der Waals surface area contributed by atoms with Crippen molar-refractivity contribution in [3.05, 3.63) is 85.3 Å². The van der Waals surface area contributed by atoms with Crippen LogP contribution in [-0.2, 0) is 0 Å². The van der Waals surface area contributed by atoms with Crippen LogP contribution in [0.15, 0.2) is 62.5 Å². The van der Waals surface area contributed by atoms with Gasteiger partial charge in [-0.2, -0.15) is 0 Å². The fraction of sp³-hybridized carbons (Fsp3) is 0.120. The molecule has 0 spiro atoms. The number of para-hydroxylation sites is 1. The smallest absolute Gasteiger partial charge is 0.347 e. The van der Waals surface area contributed by atoms with E-state index < -0.39 is 11.2 Å². The first-order valence-corrected chi connectivity index (χ1v) is 11.2. The van der Waals surface area contributed by atoms with Gasteiger partial charge in [0.25, 0.3) is 11.5 Å². The van der Waals surface area contributed by atoms with E-state index >= 15 is 0 Å². The Morgan fingerprint density at radius 3 is 2.68 bits per heavy atom. The van der Waals surface area contributed by atoms with Crippen LogP contribution in [0.5, 0.6) is 5.75 Å². The first kappa shape index (κ1) is 21.6. The van der Waals surface area contributed by atoms with Crippen LogP contribution in [0.4, 0.5) is 5.69 Å². The number of amides is 1. The number of aromatic amines is 1. The lowest BCUT2D eigenvalue weighted by molar-refractivity contribution is 0.103. The summed E-state index contributed by atoms with van der Waals surface area (Å²) in [4.78, 5) is 46.5. The zero-order chi connectivity index (χ0) is 24.0. The topological polar surface area (TPSA) is 114 Å². The first-order chi connectivity index (χ1) is 16.4. The van der Waals surface area contributed by atoms with Gasteiger partial charge < -0.3 is 19.5 Å². The van der Waals surface area contributed by atoms with Crippen LogP contribution in [0.1, 0.15) is 20.8 Å². The number of hydrogen-bond acceptors (Lipinski definition) is 7. The van der Waals surface area contributed by atoms with Gasteiger partial charge in [0, 0.05) is 11.1 Å². The minimum absolute atomic E-state index is 0.0721. The Labute approximate surface area is 196 Å². The van der Waals surface area contributed by atoms with Gasteiger partial charge in [0.1, 0.15) is 16.2 Å². The summed E-state index contributed by atoms with van der Waals surface area (Å²) in [5, 5.41) is 3.80. The summed E-state index contributed by atoms with van der Waals surface area (Å²) in [7, 11) is 1.49. The molecule has 8 nitrogen and oxygen atoms in total. The van der Waals surface area contributed by atoms with Gasteiger partial charge in [-0.1, -0.05) is 24.3 Å². The number of methoxy groups -OCH3 is 1. The molecule has 0 aliphatic rings. The average Bonchev–Trinajstić information content (AvgIpc) is 3.15. The molecular weight excluding hydrogens is 454 g/mol. The van der Waals surface area contributed by atoms with Crippen LogP contribution >= 0.6 is 11.3 Å². The lowest BCUT2D eigenvalue weighted by Gasteiger charge is -2.05. The van der Waals surface area contributed by atoms with Crippen molar-refractivity contribution < 1.29 is 13.9 Å². The average molecular weight is 474 g/mol. The molecule has 170 valence electrons. The van der Waals surface area contributed by atoms with Crippen molar-refractivity contribution in [3.63, 3.8) is 0 Å². The molecule has 9 heteroatoms. The van der Waals surface area contributed by atoms with Crippen LogP contribution < -0.4 is 21.2 Å². The third-order valence-electron chi connectivity index (χ3n) is 5.48. The van der Waals surface area contributed by atoms with Crippen LogP contribution in [-0.4, -0.2) is 23.0 Å². The summed E-state index contributed by atoms with van der Waals surface area (Å²) in [6.07, 6.45) is 0. The van der Waals surface area contributed by atoms with E-state index in [0.717, 1.165) is 16.9 Å². The largest absolute Gasteiger partial charge is 0.493 e. The first-order valence-electron chi connectivity index (χ1n) is 10.4. The highest BCUT2D eigenvalue weighted by molar-refractivity contribution is 7.20. The van der Waals surface area contributed by atoms with E-state index in [2.05, 4.69) is 15.3 Å². The molecule has 3 aromatic heterocycles. The predicted molar refractivity (Wildman–Crippen MR) is 132 cm³/mol. The summed E-state index contributed by atoms with van der Waals surface area (Å²) in [5.74, 6) is 0.170. The second-order valence-electron chi connectivity index (χ2n) is 7.80. The maximum absolute atomic E-state index is 12.9. The highest BCUT2D eigenvalue weighted by atomic mass is 32.1. The van der Waals surface area contributed by atoms with Crippen molar-refractivity contribution >= 4 is 44.1 Å². The summed E-state index contributed by atoms with van der Waals surface area (Å²) >= 11 is 1.10. The molecule has 2 aromatic carbocycles. The van der Waals surface area contributed by atoms with Crippen LogP contribution in [0, 0.1) is 13.8 Å². The third kappa shape index (κ3) is 3.65. The molecule has 34 heavy (non-hydrogen) atoms. The van der Waals surface area contributed by atoms with Crippen LogP contribution in [0.25, 0.3) is 32.6 Å². The molecule has 5 rings (SSSR count). The Bertz CT molecular complexity index is 1710. The van der Waals surface area contributed by atoms with Crippen molar-refractivity contribution in [1.82, 2.24) is 9.97 Å². The highest BCUT2D eigenvalue weighted by Crippen LogP contribution is 2.30. The summed E-state index contributed by atoms with van der Waals surface area (Å²) < 4.78 is 10.7. The number of carbonyl (C=O) groups is 1. The highest BCUT2D eigenvalue weighted by Gasteiger charge is 2.21. The van der Waals surface area contributed by atoms with Gasteiger partial charge in [0.15, 0.2) is 11.3 Å². The molecule has 0 radical (unpaired) electrons. The van der Waals surface area contributed by atoms with E-state index in [4.69, 9.17) is 9.15 Å². The number of fused-ring (bicyclic) bond motifs is 2. The van der Waals surface area contributed by atoms with Crippen molar-refractivity contribution in [1.29, 1.82) is 0 Å². The molecule has 0 saturated heterocycles. The van der Waals surface area contributed by atoms with Gasteiger partial charge in [-0.3, -0.25) is 9.59 Å². The van der Waals surface area contributed by atoms with Gasteiger partial charge in [0.2, 0.25) is 0 Å². The predicted octanol–water partition coefficient (Wildman–Crippen LogP) is 4.64. The zero-order valence-electron chi connectivity index (χ0n) is 18.5. The van der Waals surface area contributed by atoms with E-state index in [0.29, 0.717) is 43.1 Å². The van der Waals surface area contributed by atoms with Gasteiger partial charge in [-0.25, -0.2) is 9.78 Å². The Hall–Kier alpha value is -4.24. The van der Waals surface area contributed by atoms with Crippen LogP contribution in [0.2, 0.25) is 0 Å². The summed E-state index contributed by atoms with van der Waals surface area (Å²) in [6, 6.07) is 14.3. The van der Waals surface area contributed by atoms with Crippen molar-refractivity contribution in [2.45, 2.75) is 13.8 Å². The number of aryl methyl sites for hydroxylation is 2. The minimum atomic E-state index is -0.662. The molecule has 1 amide bonds. The Morgan fingerprint density at radius 2 is 1.91 bits per heavy atom. The molecule has 3 heterocycles. The molecule has 0 bridgehead atoms. The van der Waals surface area contributed by atoms with Crippen molar-refractivity contribution in [2.75, 3.05) is 12.4 Å². The van der Waals surface area contributed by atoms with Crippen molar-refractivity contribution in [2.24, 2.45) is 0 Å². The number of carbonyl (C=O) groups excluding carboxylic acids is 1. The maximum Gasteiger partial charge on any atom is 0.347 e. The normalized spacial score (nSPS) is 11.1. The Balaban J connectivity index is 1.60. The quantitative estimate of drug-likeness (QED) is 0.368. The molecular formula is C25H19N3O5S. The number of hydrogen-bond donors (Lipinski definition) is 2. The number of thiophene rings is 1. The number of ether oxygens (including phenoxy) is 1. The minimum Gasteiger partial charge on any atom is -0.493 e. The fourth-order valence-corrected chi connectivity index (χ4v) is 4.92. The van der Waals surface area contributed by atoms with Crippen LogP contribution in [0.3, 0.4) is 0 Å². The molecule has 0 aliphatic heterocycles. The van der Waals surface area contributed by atoms with Crippen molar-refractivity contribution in [3.8, 4) is 17.1 Å². The fourth-order valence-electron chi connectivity index (χ4n) is 3.84. The molecule has 2 N–H and O–H groups in total. The van der Waals surface area contributed by atoms with Gasteiger partial charge in [-0.05, 0) is 49.2 Å². The molecule has 0 atom stereocenters. The molecule has 0 saturated carbocycles. The Kier molecular flexibility index (Phi) is 5.25. The lowest BCUT2D eigenvalue weighted by Crippen LogP contribution is -2.14. The molecule has 0 unspecified atom stereocenters. The summed E-state index contributed by atoms with van der Waals surface area (Å²) in [5.41, 5.74) is 1.52. The van der Waals surface area contributed by atoms with Gasteiger partial charge >= 0.3 is 5.63 Å². The SMILES string of the molecule is COc1cccc2cc(-c3nc4sc(C(=O)Nc5cccc(C)c5)c(C)c4c(=O)[nH]3)c(=O)oc12. The van der Waals surface area contributed by atoms with E-state index in [9.17, 15) is 14.4 Å². The Morgan fingerprint density at radius 1 is 1.12 bits per heavy atom. The van der Waals surface area contributed by atoms with E-state index in [1.807, 2.05) is 25.1 Å². The van der Waals surface area contributed by atoms with E-state index in [-0.39, 0.29) is 17.3 Å².